The predicted molar refractivity (Wildman–Crippen MR) is 126 cm³/mol. The van der Waals surface area contributed by atoms with Crippen molar-refractivity contribution in [1.82, 2.24) is 4.23 Å². The van der Waals surface area contributed by atoms with Gasteiger partial charge in [-0.1, -0.05) is 104 Å². The molecule has 3 heteroatoms. The van der Waals surface area contributed by atoms with E-state index in [0.29, 0.717) is 10.1 Å². The van der Waals surface area contributed by atoms with E-state index in [2.05, 4.69) is 110 Å². The molecule has 0 fully saturated rings. The Morgan fingerprint density at radius 1 is 0.923 bits per heavy atom. The van der Waals surface area contributed by atoms with Gasteiger partial charge >= 0.3 is 0 Å². The molecule has 0 saturated carbocycles. The second-order valence-corrected chi connectivity index (χ2v) is 21.8. The van der Waals surface area contributed by atoms with Crippen LogP contribution in [0.15, 0.2) is 30.8 Å². The van der Waals surface area contributed by atoms with Crippen LogP contribution in [-0.2, 0) is 6.42 Å². The molecule has 0 saturated heterocycles. The fourth-order valence-corrected chi connectivity index (χ4v) is 13.9. The zero-order valence-electron chi connectivity index (χ0n) is 19.4. The van der Waals surface area contributed by atoms with E-state index >= 15 is 0 Å². The van der Waals surface area contributed by atoms with E-state index < -0.39 is 16.5 Å². The lowest BCUT2D eigenvalue weighted by Gasteiger charge is -2.57. The minimum Gasteiger partial charge on any atom is -0.345 e. The highest BCUT2D eigenvalue weighted by Gasteiger charge is 2.51. The molecule has 0 aliphatic heterocycles. The summed E-state index contributed by atoms with van der Waals surface area (Å²) in [4.78, 5) is 0. The Bertz CT molecular complexity index is 604. The predicted octanol–water partition coefficient (Wildman–Crippen LogP) is 7.57. The minimum absolute atomic E-state index is 0.363. The van der Waals surface area contributed by atoms with Gasteiger partial charge in [-0.2, -0.15) is 0 Å². The standard InChI is InChI=1S/C23H43NSi2/c1-19(2)21-15-13-14-20(18-21)16-17-24(25(9,10)22(3,4)5)26(11,12)23(6,7)8/h13-15,18H,1,16-17H2,2-12H3. The highest BCUT2D eigenvalue weighted by Crippen LogP contribution is 2.46. The lowest BCUT2D eigenvalue weighted by Crippen LogP contribution is -2.68. The van der Waals surface area contributed by atoms with Crippen LogP contribution in [0.2, 0.25) is 36.3 Å². The maximum Gasteiger partial charge on any atom is 0.121 e. The van der Waals surface area contributed by atoms with Crippen molar-refractivity contribution in [1.29, 1.82) is 0 Å². The quantitative estimate of drug-likeness (QED) is 0.453. The molecule has 0 bridgehead atoms. The van der Waals surface area contributed by atoms with Gasteiger partial charge in [-0.15, -0.1) is 0 Å². The van der Waals surface area contributed by atoms with Gasteiger partial charge in [0.05, 0.1) is 0 Å². The molecule has 0 N–H and O–H groups in total. The summed E-state index contributed by atoms with van der Waals surface area (Å²) in [6.45, 7) is 32.4. The summed E-state index contributed by atoms with van der Waals surface area (Å²) in [5.41, 5.74) is 3.86. The zero-order valence-corrected chi connectivity index (χ0v) is 21.4. The van der Waals surface area contributed by atoms with Crippen LogP contribution in [0.25, 0.3) is 5.57 Å². The summed E-state index contributed by atoms with van der Waals surface area (Å²) in [6, 6.07) is 8.97. The van der Waals surface area contributed by atoms with Crippen LogP contribution in [0, 0.1) is 0 Å². The molecular weight excluding hydrogens is 346 g/mol. The van der Waals surface area contributed by atoms with Crippen molar-refractivity contribution in [3.8, 4) is 0 Å². The van der Waals surface area contributed by atoms with Gasteiger partial charge in [0.2, 0.25) is 0 Å². The highest BCUT2D eigenvalue weighted by molar-refractivity contribution is 6.93. The van der Waals surface area contributed by atoms with Crippen molar-refractivity contribution < 1.29 is 0 Å². The van der Waals surface area contributed by atoms with Crippen molar-refractivity contribution in [2.45, 2.75) is 91.2 Å². The van der Waals surface area contributed by atoms with Crippen molar-refractivity contribution in [2.24, 2.45) is 0 Å². The van der Waals surface area contributed by atoms with Gasteiger partial charge in [-0.3, -0.25) is 0 Å². The maximum absolute atomic E-state index is 4.11. The van der Waals surface area contributed by atoms with Crippen LogP contribution in [0.4, 0.5) is 0 Å². The van der Waals surface area contributed by atoms with Crippen LogP contribution < -0.4 is 0 Å². The summed E-state index contributed by atoms with van der Waals surface area (Å²) in [6.07, 6.45) is 1.13. The van der Waals surface area contributed by atoms with Gasteiger partial charge in [-0.25, -0.2) is 0 Å². The van der Waals surface area contributed by atoms with Crippen LogP contribution in [0.1, 0.15) is 59.6 Å². The summed E-state index contributed by atoms with van der Waals surface area (Å²) in [5.74, 6) is 0. The Labute approximate surface area is 166 Å². The highest BCUT2D eigenvalue weighted by atomic mass is 28.4. The summed E-state index contributed by atoms with van der Waals surface area (Å²) in [7, 11) is -3.18. The molecule has 0 atom stereocenters. The summed E-state index contributed by atoms with van der Waals surface area (Å²) >= 11 is 0. The Kier molecular flexibility index (Phi) is 6.99. The van der Waals surface area contributed by atoms with E-state index in [0.717, 1.165) is 12.0 Å². The first-order chi connectivity index (χ1) is 11.5. The minimum atomic E-state index is -1.59. The Morgan fingerprint density at radius 3 is 1.77 bits per heavy atom. The van der Waals surface area contributed by atoms with Crippen molar-refractivity contribution in [2.75, 3.05) is 6.54 Å². The van der Waals surface area contributed by atoms with Crippen molar-refractivity contribution >= 4 is 22.0 Å². The van der Waals surface area contributed by atoms with Gasteiger partial charge in [0.15, 0.2) is 0 Å². The van der Waals surface area contributed by atoms with E-state index in [1.807, 2.05) is 0 Å². The van der Waals surface area contributed by atoms with Crippen LogP contribution in [0.3, 0.4) is 0 Å². The van der Waals surface area contributed by atoms with Crippen molar-refractivity contribution in [3.05, 3.63) is 42.0 Å². The number of nitrogens with zero attached hydrogens (tertiary/aromatic N) is 1. The summed E-state index contributed by atoms with van der Waals surface area (Å²) < 4.78 is 3.02. The molecule has 0 heterocycles. The number of benzene rings is 1. The molecular formula is C23H43NSi2. The SMILES string of the molecule is C=C(C)c1cccc(CCN([Si](C)(C)C(C)(C)C)[Si](C)(C)C(C)(C)C)c1. The van der Waals surface area contributed by atoms with Crippen LogP contribution in [0.5, 0.6) is 0 Å². The largest absolute Gasteiger partial charge is 0.345 e. The number of hydrogen-bond acceptors (Lipinski definition) is 1. The third kappa shape index (κ3) is 4.99. The fourth-order valence-electron chi connectivity index (χ4n) is 3.30. The van der Waals surface area contributed by atoms with Gasteiger partial charge in [0, 0.05) is 0 Å². The molecule has 0 amide bonds. The molecule has 26 heavy (non-hydrogen) atoms. The Hall–Kier alpha value is -0.646. The van der Waals surface area contributed by atoms with Gasteiger partial charge in [0.25, 0.3) is 0 Å². The van der Waals surface area contributed by atoms with E-state index in [-0.39, 0.29) is 0 Å². The topological polar surface area (TPSA) is 3.24 Å². The third-order valence-corrected chi connectivity index (χ3v) is 20.9. The Morgan fingerprint density at radius 2 is 1.38 bits per heavy atom. The Balaban J connectivity index is 3.23. The molecule has 1 rings (SSSR count). The van der Waals surface area contributed by atoms with Crippen molar-refractivity contribution in [3.63, 3.8) is 0 Å². The monoisotopic (exact) mass is 389 g/mol. The lowest BCUT2D eigenvalue weighted by molar-refractivity contribution is 0.513. The van der Waals surface area contributed by atoms with Gasteiger partial charge in [-0.05, 0) is 41.1 Å². The van der Waals surface area contributed by atoms with E-state index in [9.17, 15) is 0 Å². The molecule has 1 aromatic carbocycles. The van der Waals surface area contributed by atoms with E-state index in [4.69, 9.17) is 0 Å². The number of hydrogen-bond donors (Lipinski definition) is 0. The van der Waals surface area contributed by atoms with E-state index in [1.54, 1.807) is 0 Å². The average Bonchev–Trinajstić information content (AvgIpc) is 2.44. The maximum atomic E-state index is 4.11. The second kappa shape index (κ2) is 7.77. The first-order valence-corrected chi connectivity index (χ1v) is 15.9. The van der Waals surface area contributed by atoms with Gasteiger partial charge in [0.1, 0.15) is 16.5 Å². The average molecular weight is 390 g/mol. The zero-order chi connectivity index (χ0) is 20.6. The molecule has 0 spiro atoms. The third-order valence-electron chi connectivity index (χ3n) is 7.06. The molecule has 0 aromatic heterocycles. The molecule has 0 aliphatic carbocycles. The smallest absolute Gasteiger partial charge is 0.121 e. The first kappa shape index (κ1) is 23.4. The normalized spacial score (nSPS) is 14.0. The molecule has 0 unspecified atom stereocenters. The molecule has 0 aliphatic rings. The number of allylic oxidation sites excluding steroid dienone is 1. The fraction of sp³-hybridized carbons (Fsp3) is 0.652. The van der Waals surface area contributed by atoms with Crippen LogP contribution in [-0.4, -0.2) is 27.2 Å². The van der Waals surface area contributed by atoms with Gasteiger partial charge < -0.3 is 4.23 Å². The second-order valence-electron chi connectivity index (χ2n) is 11.0. The lowest BCUT2D eigenvalue weighted by atomic mass is 10.0. The number of rotatable bonds is 6. The van der Waals surface area contributed by atoms with E-state index in [1.165, 1.54) is 17.7 Å². The first-order valence-electron chi connectivity index (χ1n) is 10.0. The molecule has 148 valence electrons. The summed E-state index contributed by atoms with van der Waals surface area (Å²) in [5, 5.41) is 0.726. The molecule has 1 nitrogen and oxygen atoms in total. The molecule has 1 aromatic rings. The van der Waals surface area contributed by atoms with Crippen LogP contribution >= 0.6 is 0 Å². The molecule has 0 radical (unpaired) electrons.